The molecular weight excluding hydrogens is 274 g/mol. The van der Waals surface area contributed by atoms with E-state index in [4.69, 9.17) is 9.57 Å². The largest absolute Gasteiger partial charge is 0.465 e. The topological polar surface area (TPSA) is 90.9 Å². The minimum Gasteiger partial charge on any atom is -0.465 e. The second-order valence-corrected chi connectivity index (χ2v) is 5.09. The lowest BCUT2D eigenvalue weighted by molar-refractivity contribution is 0.0438. The van der Waals surface area contributed by atoms with Gasteiger partial charge in [-0.1, -0.05) is 4.89 Å². The highest BCUT2D eigenvalue weighted by Crippen LogP contribution is 2.11. The SMILES string of the molecule is COCCONS(=O)(=O)c1ccc(C(=O)OC)cc1. The van der Waals surface area contributed by atoms with Gasteiger partial charge in [0.1, 0.15) is 0 Å². The number of hydrogen-bond acceptors (Lipinski definition) is 6. The van der Waals surface area contributed by atoms with Crippen LogP contribution in [0.2, 0.25) is 0 Å². The third-order valence-electron chi connectivity index (χ3n) is 2.14. The number of carbonyl (C=O) groups is 1. The Morgan fingerprint density at radius 2 is 1.79 bits per heavy atom. The molecule has 1 N–H and O–H groups in total. The van der Waals surface area contributed by atoms with Gasteiger partial charge in [-0.3, -0.25) is 4.84 Å². The minimum atomic E-state index is -3.77. The molecule has 106 valence electrons. The van der Waals surface area contributed by atoms with Crippen LogP contribution in [-0.4, -0.2) is 41.8 Å². The molecule has 0 unspecified atom stereocenters. The monoisotopic (exact) mass is 289 g/mol. The molecule has 0 aliphatic carbocycles. The molecule has 8 heteroatoms. The summed E-state index contributed by atoms with van der Waals surface area (Å²) in [5.74, 6) is -0.534. The molecule has 0 bridgehead atoms. The van der Waals surface area contributed by atoms with Crippen molar-refractivity contribution in [1.82, 2.24) is 4.89 Å². The van der Waals surface area contributed by atoms with Gasteiger partial charge in [-0.2, -0.15) is 0 Å². The maximum absolute atomic E-state index is 11.8. The zero-order valence-electron chi connectivity index (χ0n) is 10.6. The summed E-state index contributed by atoms with van der Waals surface area (Å²) in [5, 5.41) is 0. The first-order valence-electron chi connectivity index (χ1n) is 5.32. The minimum absolute atomic E-state index is 0.0161. The van der Waals surface area contributed by atoms with Crippen LogP contribution in [0.1, 0.15) is 10.4 Å². The molecule has 0 saturated heterocycles. The lowest BCUT2D eigenvalue weighted by atomic mass is 10.2. The number of sulfonamides is 1. The molecule has 1 rings (SSSR count). The predicted octanol–water partition coefficient (Wildman–Crippen LogP) is 0.329. The molecule has 0 aliphatic heterocycles. The summed E-state index contributed by atoms with van der Waals surface area (Å²) < 4.78 is 32.7. The van der Waals surface area contributed by atoms with E-state index < -0.39 is 16.0 Å². The number of rotatable bonds is 7. The Hall–Kier alpha value is -1.48. The fourth-order valence-corrected chi connectivity index (χ4v) is 2.01. The predicted molar refractivity (Wildman–Crippen MR) is 65.9 cm³/mol. The van der Waals surface area contributed by atoms with Crippen LogP contribution in [-0.2, 0) is 24.3 Å². The highest BCUT2D eigenvalue weighted by atomic mass is 32.2. The molecule has 0 saturated carbocycles. The zero-order valence-corrected chi connectivity index (χ0v) is 11.4. The Morgan fingerprint density at radius 3 is 2.32 bits per heavy atom. The van der Waals surface area contributed by atoms with Gasteiger partial charge >= 0.3 is 5.97 Å². The fourth-order valence-electron chi connectivity index (χ4n) is 1.18. The number of hydrogen-bond donors (Lipinski definition) is 1. The summed E-state index contributed by atoms with van der Waals surface area (Å²) in [6, 6.07) is 5.29. The molecule has 19 heavy (non-hydrogen) atoms. The van der Waals surface area contributed by atoms with Crippen molar-refractivity contribution in [3.63, 3.8) is 0 Å². The van der Waals surface area contributed by atoms with Crippen LogP contribution >= 0.6 is 0 Å². The summed E-state index contributed by atoms with van der Waals surface area (Å²) in [6.07, 6.45) is 0. The van der Waals surface area contributed by atoms with Crippen molar-refractivity contribution in [2.45, 2.75) is 4.90 Å². The molecule has 1 aromatic rings. The first kappa shape index (κ1) is 15.6. The molecule has 0 aromatic heterocycles. The van der Waals surface area contributed by atoms with Crippen molar-refractivity contribution in [3.05, 3.63) is 29.8 Å². The van der Waals surface area contributed by atoms with E-state index in [-0.39, 0.29) is 23.7 Å². The summed E-state index contributed by atoms with van der Waals surface area (Å²) >= 11 is 0. The first-order chi connectivity index (χ1) is 9.01. The normalized spacial score (nSPS) is 11.3. The summed E-state index contributed by atoms with van der Waals surface area (Å²) in [6.45, 7) is 0.361. The molecule has 0 heterocycles. The zero-order chi connectivity index (χ0) is 14.3. The molecule has 7 nitrogen and oxygen atoms in total. The number of nitrogens with one attached hydrogen (secondary N) is 1. The van der Waals surface area contributed by atoms with Crippen LogP contribution in [0.5, 0.6) is 0 Å². The van der Waals surface area contributed by atoms with E-state index in [0.717, 1.165) is 0 Å². The number of ether oxygens (including phenoxy) is 2. The van der Waals surface area contributed by atoms with Gasteiger partial charge < -0.3 is 9.47 Å². The summed E-state index contributed by atoms with van der Waals surface area (Å²) in [5.41, 5.74) is 0.266. The number of esters is 1. The quantitative estimate of drug-likeness (QED) is 0.442. The number of carbonyl (C=O) groups excluding carboxylic acids is 1. The maximum Gasteiger partial charge on any atom is 0.337 e. The highest BCUT2D eigenvalue weighted by Gasteiger charge is 2.15. The van der Waals surface area contributed by atoms with E-state index >= 15 is 0 Å². The highest BCUT2D eigenvalue weighted by molar-refractivity contribution is 7.89. The van der Waals surface area contributed by atoms with E-state index in [0.29, 0.717) is 0 Å². The number of benzene rings is 1. The fraction of sp³-hybridized carbons (Fsp3) is 0.364. The van der Waals surface area contributed by atoms with Crippen LogP contribution in [0.3, 0.4) is 0 Å². The Balaban J connectivity index is 2.71. The Labute approximate surface area is 111 Å². The van der Waals surface area contributed by atoms with E-state index in [2.05, 4.69) is 4.74 Å². The third-order valence-corrected chi connectivity index (χ3v) is 3.37. The second kappa shape index (κ2) is 7.19. The van der Waals surface area contributed by atoms with Crippen molar-refractivity contribution >= 4 is 16.0 Å². The number of methoxy groups -OCH3 is 2. The van der Waals surface area contributed by atoms with Crippen molar-refractivity contribution in [1.29, 1.82) is 0 Å². The van der Waals surface area contributed by atoms with Gasteiger partial charge in [0.25, 0.3) is 10.0 Å². The van der Waals surface area contributed by atoms with E-state index in [9.17, 15) is 13.2 Å². The second-order valence-electron chi connectivity index (χ2n) is 3.44. The van der Waals surface area contributed by atoms with Crippen LogP contribution < -0.4 is 4.89 Å². The van der Waals surface area contributed by atoms with Gasteiger partial charge in [-0.05, 0) is 24.3 Å². The van der Waals surface area contributed by atoms with Crippen LogP contribution in [0.15, 0.2) is 29.2 Å². The standard InChI is InChI=1S/C11H15NO6S/c1-16-7-8-18-12-19(14,15)10-5-3-9(4-6-10)11(13)17-2/h3-6,12H,7-8H2,1-2H3. The summed E-state index contributed by atoms with van der Waals surface area (Å²) in [7, 11) is -1.05. The van der Waals surface area contributed by atoms with E-state index in [1.54, 1.807) is 0 Å². The molecule has 0 fully saturated rings. The Bertz CT molecular complexity index is 510. The molecule has 0 aliphatic rings. The van der Waals surface area contributed by atoms with Crippen LogP contribution in [0.4, 0.5) is 0 Å². The molecule has 0 atom stereocenters. The van der Waals surface area contributed by atoms with E-state index in [1.165, 1.54) is 38.5 Å². The third kappa shape index (κ3) is 4.60. The van der Waals surface area contributed by atoms with Crippen molar-refractivity contribution in [2.24, 2.45) is 0 Å². The molecule has 0 radical (unpaired) electrons. The van der Waals surface area contributed by atoms with Crippen molar-refractivity contribution in [2.75, 3.05) is 27.4 Å². The molecular formula is C11H15NO6S. The smallest absolute Gasteiger partial charge is 0.337 e. The van der Waals surface area contributed by atoms with Gasteiger partial charge in [0.15, 0.2) is 0 Å². The van der Waals surface area contributed by atoms with Crippen LogP contribution in [0.25, 0.3) is 0 Å². The lowest BCUT2D eigenvalue weighted by Crippen LogP contribution is -2.25. The van der Waals surface area contributed by atoms with Crippen LogP contribution in [0, 0.1) is 0 Å². The van der Waals surface area contributed by atoms with Gasteiger partial charge in [-0.25, -0.2) is 13.2 Å². The Morgan fingerprint density at radius 1 is 1.16 bits per heavy atom. The summed E-state index contributed by atoms with van der Waals surface area (Å²) in [4.78, 5) is 17.9. The van der Waals surface area contributed by atoms with Gasteiger partial charge in [0, 0.05) is 7.11 Å². The average molecular weight is 289 g/mol. The average Bonchev–Trinajstić information content (AvgIpc) is 2.43. The van der Waals surface area contributed by atoms with Crippen molar-refractivity contribution < 1.29 is 27.5 Å². The van der Waals surface area contributed by atoms with Crippen molar-refractivity contribution in [3.8, 4) is 0 Å². The lowest BCUT2D eigenvalue weighted by Gasteiger charge is -2.07. The first-order valence-corrected chi connectivity index (χ1v) is 6.80. The maximum atomic E-state index is 11.8. The molecule has 0 spiro atoms. The van der Waals surface area contributed by atoms with Gasteiger partial charge in [0.2, 0.25) is 0 Å². The molecule has 1 aromatic carbocycles. The van der Waals surface area contributed by atoms with E-state index in [1.807, 2.05) is 4.89 Å². The Kier molecular flexibility index (Phi) is 5.90. The van der Waals surface area contributed by atoms with Gasteiger partial charge in [0.05, 0.1) is 30.8 Å². The van der Waals surface area contributed by atoms with Gasteiger partial charge in [-0.15, -0.1) is 0 Å². The molecule has 0 amide bonds.